The van der Waals surface area contributed by atoms with Crippen LogP contribution in [0.4, 0.5) is 4.39 Å². The van der Waals surface area contributed by atoms with E-state index in [0.29, 0.717) is 29.4 Å². The van der Waals surface area contributed by atoms with Gasteiger partial charge >= 0.3 is 0 Å². The molecule has 6 nitrogen and oxygen atoms in total. The maximum atomic E-state index is 14.5. The van der Waals surface area contributed by atoms with Gasteiger partial charge in [0.1, 0.15) is 11.5 Å². The van der Waals surface area contributed by atoms with Crippen molar-refractivity contribution in [1.29, 1.82) is 0 Å². The van der Waals surface area contributed by atoms with Crippen molar-refractivity contribution in [2.75, 3.05) is 7.05 Å². The predicted molar refractivity (Wildman–Crippen MR) is 95.8 cm³/mol. The summed E-state index contributed by atoms with van der Waals surface area (Å²) in [6, 6.07) is 6.96. The Morgan fingerprint density at radius 1 is 1.28 bits per heavy atom. The fourth-order valence-corrected chi connectivity index (χ4v) is 2.51. The first-order valence-electron chi connectivity index (χ1n) is 7.81. The third-order valence-electron chi connectivity index (χ3n) is 3.88. The lowest BCUT2D eigenvalue weighted by molar-refractivity contribution is 0.418. The lowest BCUT2D eigenvalue weighted by atomic mass is 10.2. The zero-order valence-electron chi connectivity index (χ0n) is 14.6. The number of hydrogen-bond donors (Lipinski definition) is 1. The van der Waals surface area contributed by atoms with Crippen molar-refractivity contribution in [3.63, 3.8) is 0 Å². The van der Waals surface area contributed by atoms with Crippen molar-refractivity contribution in [1.82, 2.24) is 25.2 Å². The summed E-state index contributed by atoms with van der Waals surface area (Å²) in [7, 11) is 1.87. The van der Waals surface area contributed by atoms with E-state index in [2.05, 4.69) is 20.6 Å². The van der Waals surface area contributed by atoms with Gasteiger partial charge in [-0.15, -0.1) is 12.4 Å². The van der Waals surface area contributed by atoms with Crippen LogP contribution in [0, 0.1) is 19.7 Å². The molecule has 0 fully saturated rings. The van der Waals surface area contributed by atoms with Gasteiger partial charge < -0.3 is 9.84 Å². The molecule has 1 N–H and O–H groups in total. The van der Waals surface area contributed by atoms with Crippen LogP contribution in [0.25, 0.3) is 17.1 Å². The predicted octanol–water partition coefficient (Wildman–Crippen LogP) is 3.25. The molecule has 0 saturated carbocycles. The number of aryl methyl sites for hydroxylation is 2. The Labute approximate surface area is 151 Å². The van der Waals surface area contributed by atoms with E-state index in [1.54, 1.807) is 16.8 Å². The van der Waals surface area contributed by atoms with Crippen LogP contribution in [0.1, 0.15) is 24.1 Å². The van der Waals surface area contributed by atoms with Crippen molar-refractivity contribution in [3.8, 4) is 17.1 Å². The van der Waals surface area contributed by atoms with Gasteiger partial charge in [-0.25, -0.2) is 9.07 Å². The maximum absolute atomic E-state index is 14.5. The Balaban J connectivity index is 0.00000225. The third-order valence-corrected chi connectivity index (χ3v) is 3.88. The SMILES string of the molecule is CNC(C)Cc1noc(-c2ccc(-n3nc(C)cc3C)c(F)c2)n1.Cl. The van der Waals surface area contributed by atoms with Gasteiger partial charge in [0, 0.05) is 23.7 Å². The molecule has 0 amide bonds. The van der Waals surface area contributed by atoms with E-state index in [-0.39, 0.29) is 24.3 Å². The number of aromatic nitrogens is 4. The monoisotopic (exact) mass is 365 g/mol. The fourth-order valence-electron chi connectivity index (χ4n) is 2.51. The van der Waals surface area contributed by atoms with Crippen molar-refractivity contribution < 1.29 is 8.91 Å². The number of rotatable bonds is 5. The molecule has 3 aromatic rings. The van der Waals surface area contributed by atoms with Gasteiger partial charge in [-0.1, -0.05) is 5.16 Å². The van der Waals surface area contributed by atoms with Crippen LogP contribution >= 0.6 is 12.4 Å². The van der Waals surface area contributed by atoms with Crippen LogP contribution in [0.2, 0.25) is 0 Å². The first-order chi connectivity index (χ1) is 11.5. The second-order valence-corrected chi connectivity index (χ2v) is 5.91. The summed E-state index contributed by atoms with van der Waals surface area (Å²) in [6.07, 6.45) is 0.645. The molecule has 0 radical (unpaired) electrons. The molecule has 3 rings (SSSR count). The topological polar surface area (TPSA) is 68.8 Å². The number of nitrogens with zero attached hydrogens (tertiary/aromatic N) is 4. The molecule has 2 aromatic heterocycles. The van der Waals surface area contributed by atoms with Gasteiger partial charge in [0.25, 0.3) is 5.89 Å². The van der Waals surface area contributed by atoms with E-state index in [9.17, 15) is 4.39 Å². The number of nitrogens with one attached hydrogen (secondary N) is 1. The highest BCUT2D eigenvalue weighted by atomic mass is 35.5. The average Bonchev–Trinajstić information content (AvgIpc) is 3.13. The summed E-state index contributed by atoms with van der Waals surface area (Å²) in [5, 5.41) is 11.4. The summed E-state index contributed by atoms with van der Waals surface area (Å²) in [5.41, 5.74) is 2.66. The van der Waals surface area contributed by atoms with Gasteiger partial charge in [-0.05, 0) is 52.1 Å². The summed E-state index contributed by atoms with van der Waals surface area (Å²) in [6.45, 7) is 5.79. The van der Waals surface area contributed by atoms with Crippen LogP contribution in [0.3, 0.4) is 0 Å². The second-order valence-electron chi connectivity index (χ2n) is 5.91. The minimum absolute atomic E-state index is 0. The number of hydrogen-bond acceptors (Lipinski definition) is 5. The highest BCUT2D eigenvalue weighted by molar-refractivity contribution is 5.85. The van der Waals surface area contributed by atoms with E-state index in [1.165, 1.54) is 6.07 Å². The molecule has 0 bridgehead atoms. The Morgan fingerprint density at radius 2 is 2.04 bits per heavy atom. The first kappa shape index (κ1) is 19.1. The standard InChI is InChI=1S/C17H20FN5O.ClH/c1-10(19-4)8-16-20-17(24-22-16)13-5-6-15(14(18)9-13)23-12(3)7-11(2)21-23;/h5-7,9-10,19H,8H2,1-4H3;1H. The molecule has 134 valence electrons. The molecule has 1 aromatic carbocycles. The Hall–Kier alpha value is -2.25. The van der Waals surface area contributed by atoms with Crippen molar-refractivity contribution in [2.24, 2.45) is 0 Å². The van der Waals surface area contributed by atoms with Crippen molar-refractivity contribution in [2.45, 2.75) is 33.2 Å². The molecular weight excluding hydrogens is 345 g/mol. The van der Waals surface area contributed by atoms with Crippen molar-refractivity contribution >= 4 is 12.4 Å². The normalized spacial score (nSPS) is 12.0. The number of halogens is 2. The minimum Gasteiger partial charge on any atom is -0.334 e. The van der Waals surface area contributed by atoms with Gasteiger partial charge in [0.05, 0.1) is 5.69 Å². The molecular formula is C17H21ClFN5O. The van der Waals surface area contributed by atoms with Gasteiger partial charge in [0.15, 0.2) is 5.82 Å². The fraction of sp³-hybridized carbons (Fsp3) is 0.353. The zero-order valence-corrected chi connectivity index (χ0v) is 15.4. The van der Waals surface area contributed by atoms with Crippen LogP contribution < -0.4 is 5.32 Å². The Morgan fingerprint density at radius 3 is 2.64 bits per heavy atom. The first-order valence-corrected chi connectivity index (χ1v) is 7.81. The lowest BCUT2D eigenvalue weighted by Gasteiger charge is -2.06. The molecule has 8 heteroatoms. The minimum atomic E-state index is -0.387. The highest BCUT2D eigenvalue weighted by Gasteiger charge is 2.15. The van der Waals surface area contributed by atoms with Gasteiger partial charge in [0.2, 0.25) is 0 Å². The summed E-state index contributed by atoms with van der Waals surface area (Å²) >= 11 is 0. The van der Waals surface area contributed by atoms with E-state index >= 15 is 0 Å². The molecule has 0 aliphatic heterocycles. The molecule has 0 aliphatic rings. The summed E-state index contributed by atoms with van der Waals surface area (Å²) in [4.78, 5) is 4.33. The average molecular weight is 366 g/mol. The molecule has 1 unspecified atom stereocenters. The highest BCUT2D eigenvalue weighted by Crippen LogP contribution is 2.23. The summed E-state index contributed by atoms with van der Waals surface area (Å²) in [5.74, 6) is 0.518. The molecule has 1 atom stereocenters. The number of benzene rings is 1. The van der Waals surface area contributed by atoms with E-state index < -0.39 is 0 Å². The van der Waals surface area contributed by atoms with E-state index in [1.807, 2.05) is 33.9 Å². The van der Waals surface area contributed by atoms with E-state index in [4.69, 9.17) is 4.52 Å². The smallest absolute Gasteiger partial charge is 0.258 e. The zero-order chi connectivity index (χ0) is 17.3. The van der Waals surface area contributed by atoms with Crippen LogP contribution in [0.15, 0.2) is 28.8 Å². The molecule has 0 spiro atoms. The van der Waals surface area contributed by atoms with Gasteiger partial charge in [-0.3, -0.25) is 0 Å². The summed E-state index contributed by atoms with van der Waals surface area (Å²) < 4.78 is 21.4. The molecule has 25 heavy (non-hydrogen) atoms. The number of likely N-dealkylation sites (N-methyl/N-ethyl adjacent to an activating group) is 1. The second kappa shape index (κ2) is 7.76. The Kier molecular flexibility index (Phi) is 5.92. The van der Waals surface area contributed by atoms with Crippen molar-refractivity contribution in [3.05, 3.63) is 47.3 Å². The van der Waals surface area contributed by atoms with Crippen LogP contribution in [0.5, 0.6) is 0 Å². The third kappa shape index (κ3) is 4.05. The van der Waals surface area contributed by atoms with E-state index in [0.717, 1.165) is 11.4 Å². The van der Waals surface area contributed by atoms with Gasteiger partial charge in [-0.2, -0.15) is 10.1 Å². The van der Waals surface area contributed by atoms with Crippen LogP contribution in [-0.4, -0.2) is 33.0 Å². The molecule has 0 saturated heterocycles. The quantitative estimate of drug-likeness (QED) is 0.751. The van der Waals surface area contributed by atoms with Crippen LogP contribution in [-0.2, 0) is 6.42 Å². The lowest BCUT2D eigenvalue weighted by Crippen LogP contribution is -2.24. The largest absolute Gasteiger partial charge is 0.334 e. The molecule has 0 aliphatic carbocycles. The molecule has 2 heterocycles. The maximum Gasteiger partial charge on any atom is 0.258 e. The Bertz CT molecular complexity index is 861.